The molecule has 1 atom stereocenters. The van der Waals surface area contributed by atoms with Crippen LogP contribution < -0.4 is 5.73 Å². The minimum Gasteiger partial charge on any atom is -0.330 e. The van der Waals surface area contributed by atoms with Crippen LogP contribution in [0.4, 0.5) is 0 Å². The SMILES string of the molecule is CC(C)C(CN)c1csc2ccccc12. The van der Waals surface area contributed by atoms with Crippen molar-refractivity contribution >= 4 is 21.4 Å². The first-order chi connectivity index (χ1) is 7.24. The van der Waals surface area contributed by atoms with Crippen molar-refractivity contribution in [2.75, 3.05) is 6.54 Å². The summed E-state index contributed by atoms with van der Waals surface area (Å²) in [5.41, 5.74) is 7.28. The molecular formula is C13H17NS. The Balaban J connectivity index is 2.51. The highest BCUT2D eigenvalue weighted by Crippen LogP contribution is 2.34. The molecule has 0 bridgehead atoms. The largest absolute Gasteiger partial charge is 0.330 e. The summed E-state index contributed by atoms with van der Waals surface area (Å²) in [6.45, 7) is 5.21. The molecule has 2 heteroatoms. The van der Waals surface area contributed by atoms with Crippen molar-refractivity contribution in [3.8, 4) is 0 Å². The smallest absolute Gasteiger partial charge is 0.0345 e. The van der Waals surface area contributed by atoms with Crippen molar-refractivity contribution in [3.05, 3.63) is 35.2 Å². The Hall–Kier alpha value is -0.860. The van der Waals surface area contributed by atoms with Gasteiger partial charge in [-0.05, 0) is 40.8 Å². The van der Waals surface area contributed by atoms with E-state index in [1.54, 1.807) is 0 Å². The topological polar surface area (TPSA) is 26.0 Å². The second-order valence-electron chi connectivity index (χ2n) is 4.27. The summed E-state index contributed by atoms with van der Waals surface area (Å²) in [6.07, 6.45) is 0. The molecule has 80 valence electrons. The number of fused-ring (bicyclic) bond motifs is 1. The standard InChI is InChI=1S/C13H17NS/c1-9(2)11(7-14)12-8-15-13-6-4-3-5-10(12)13/h3-6,8-9,11H,7,14H2,1-2H3. The molecule has 0 aliphatic heterocycles. The molecule has 0 radical (unpaired) electrons. The highest BCUT2D eigenvalue weighted by Gasteiger charge is 2.17. The van der Waals surface area contributed by atoms with Crippen LogP contribution in [0, 0.1) is 5.92 Å². The fraction of sp³-hybridized carbons (Fsp3) is 0.385. The fourth-order valence-electron chi connectivity index (χ4n) is 2.04. The van der Waals surface area contributed by atoms with Crippen molar-refractivity contribution in [1.82, 2.24) is 0 Å². The van der Waals surface area contributed by atoms with Crippen LogP contribution >= 0.6 is 11.3 Å². The summed E-state index contributed by atoms with van der Waals surface area (Å²) in [6, 6.07) is 8.57. The van der Waals surface area contributed by atoms with Crippen molar-refractivity contribution in [3.63, 3.8) is 0 Å². The van der Waals surface area contributed by atoms with Gasteiger partial charge < -0.3 is 5.73 Å². The maximum Gasteiger partial charge on any atom is 0.0345 e. The van der Waals surface area contributed by atoms with Gasteiger partial charge in [-0.1, -0.05) is 32.0 Å². The summed E-state index contributed by atoms with van der Waals surface area (Å²) < 4.78 is 1.37. The third-order valence-electron chi connectivity index (χ3n) is 2.97. The van der Waals surface area contributed by atoms with E-state index in [2.05, 4.69) is 43.5 Å². The summed E-state index contributed by atoms with van der Waals surface area (Å²) in [7, 11) is 0. The van der Waals surface area contributed by atoms with E-state index in [9.17, 15) is 0 Å². The van der Waals surface area contributed by atoms with Crippen LogP contribution in [-0.4, -0.2) is 6.54 Å². The molecular weight excluding hydrogens is 202 g/mol. The second-order valence-corrected chi connectivity index (χ2v) is 5.18. The van der Waals surface area contributed by atoms with E-state index in [4.69, 9.17) is 5.73 Å². The van der Waals surface area contributed by atoms with Gasteiger partial charge in [0.25, 0.3) is 0 Å². The monoisotopic (exact) mass is 219 g/mol. The van der Waals surface area contributed by atoms with Gasteiger partial charge in [0.05, 0.1) is 0 Å². The maximum absolute atomic E-state index is 5.86. The van der Waals surface area contributed by atoms with E-state index < -0.39 is 0 Å². The molecule has 0 amide bonds. The van der Waals surface area contributed by atoms with E-state index in [1.165, 1.54) is 15.6 Å². The maximum atomic E-state index is 5.86. The Morgan fingerprint density at radius 1 is 1.27 bits per heavy atom. The summed E-state index contributed by atoms with van der Waals surface area (Å²) in [4.78, 5) is 0. The van der Waals surface area contributed by atoms with Crippen molar-refractivity contribution in [2.45, 2.75) is 19.8 Å². The molecule has 0 aliphatic carbocycles. The van der Waals surface area contributed by atoms with Crippen LogP contribution in [0.25, 0.3) is 10.1 Å². The number of benzene rings is 1. The van der Waals surface area contributed by atoms with Gasteiger partial charge in [0.1, 0.15) is 0 Å². The quantitative estimate of drug-likeness (QED) is 0.838. The van der Waals surface area contributed by atoms with Crippen LogP contribution in [0.3, 0.4) is 0 Å². The molecule has 15 heavy (non-hydrogen) atoms. The Morgan fingerprint density at radius 2 is 2.00 bits per heavy atom. The lowest BCUT2D eigenvalue weighted by Crippen LogP contribution is -2.17. The van der Waals surface area contributed by atoms with Gasteiger partial charge in [0, 0.05) is 4.70 Å². The lowest BCUT2D eigenvalue weighted by molar-refractivity contribution is 0.510. The zero-order valence-corrected chi connectivity index (χ0v) is 10.1. The molecule has 0 saturated heterocycles. The molecule has 1 nitrogen and oxygen atoms in total. The molecule has 1 aromatic carbocycles. The van der Waals surface area contributed by atoms with Crippen molar-refractivity contribution in [2.24, 2.45) is 11.7 Å². The molecule has 1 aromatic heterocycles. The van der Waals surface area contributed by atoms with Crippen LogP contribution in [-0.2, 0) is 0 Å². The Labute approximate surface area is 94.9 Å². The first-order valence-corrected chi connectivity index (χ1v) is 6.28. The van der Waals surface area contributed by atoms with Crippen molar-refractivity contribution in [1.29, 1.82) is 0 Å². The van der Waals surface area contributed by atoms with Crippen LogP contribution in [0.1, 0.15) is 25.3 Å². The van der Waals surface area contributed by atoms with E-state index in [0.29, 0.717) is 11.8 Å². The first-order valence-electron chi connectivity index (χ1n) is 5.40. The fourth-order valence-corrected chi connectivity index (χ4v) is 3.07. The average molecular weight is 219 g/mol. The van der Waals surface area contributed by atoms with Gasteiger partial charge in [0.15, 0.2) is 0 Å². The second kappa shape index (κ2) is 4.33. The third-order valence-corrected chi connectivity index (χ3v) is 3.95. The molecule has 0 aliphatic rings. The average Bonchev–Trinajstić information content (AvgIpc) is 2.63. The molecule has 2 aromatic rings. The molecule has 2 N–H and O–H groups in total. The van der Waals surface area contributed by atoms with Gasteiger partial charge >= 0.3 is 0 Å². The molecule has 2 rings (SSSR count). The highest BCUT2D eigenvalue weighted by molar-refractivity contribution is 7.17. The molecule has 0 fully saturated rings. The lowest BCUT2D eigenvalue weighted by atomic mass is 9.88. The first kappa shape index (κ1) is 10.7. The highest BCUT2D eigenvalue weighted by atomic mass is 32.1. The van der Waals surface area contributed by atoms with E-state index in [0.717, 1.165) is 6.54 Å². The van der Waals surface area contributed by atoms with Crippen LogP contribution in [0.15, 0.2) is 29.6 Å². The zero-order chi connectivity index (χ0) is 10.8. The van der Waals surface area contributed by atoms with Gasteiger partial charge in [-0.25, -0.2) is 0 Å². The Bertz CT molecular complexity index is 444. The van der Waals surface area contributed by atoms with Gasteiger partial charge in [-0.15, -0.1) is 11.3 Å². The Morgan fingerprint density at radius 3 is 2.67 bits per heavy atom. The number of thiophene rings is 1. The van der Waals surface area contributed by atoms with Gasteiger partial charge in [0.2, 0.25) is 0 Å². The van der Waals surface area contributed by atoms with Crippen LogP contribution in [0.2, 0.25) is 0 Å². The number of nitrogens with two attached hydrogens (primary N) is 1. The lowest BCUT2D eigenvalue weighted by Gasteiger charge is -2.18. The van der Waals surface area contributed by atoms with E-state index >= 15 is 0 Å². The molecule has 1 unspecified atom stereocenters. The van der Waals surface area contributed by atoms with E-state index in [-0.39, 0.29) is 0 Å². The summed E-state index contributed by atoms with van der Waals surface area (Å²) >= 11 is 1.82. The molecule has 1 heterocycles. The van der Waals surface area contributed by atoms with Gasteiger partial charge in [-0.3, -0.25) is 0 Å². The minimum absolute atomic E-state index is 0.487. The normalized spacial score (nSPS) is 13.6. The third kappa shape index (κ3) is 1.92. The Kier molecular flexibility index (Phi) is 3.08. The minimum atomic E-state index is 0.487. The predicted octanol–water partition coefficient (Wildman–Crippen LogP) is 3.60. The van der Waals surface area contributed by atoms with E-state index in [1.807, 2.05) is 11.3 Å². The molecule has 0 saturated carbocycles. The van der Waals surface area contributed by atoms with Crippen molar-refractivity contribution < 1.29 is 0 Å². The molecule has 0 spiro atoms. The number of hydrogen-bond donors (Lipinski definition) is 1. The number of rotatable bonds is 3. The van der Waals surface area contributed by atoms with Gasteiger partial charge in [-0.2, -0.15) is 0 Å². The zero-order valence-electron chi connectivity index (χ0n) is 9.23. The summed E-state index contributed by atoms with van der Waals surface area (Å²) in [5.74, 6) is 1.09. The number of hydrogen-bond acceptors (Lipinski definition) is 2. The summed E-state index contributed by atoms with van der Waals surface area (Å²) in [5, 5.41) is 3.65. The predicted molar refractivity (Wildman–Crippen MR) is 68.5 cm³/mol. The van der Waals surface area contributed by atoms with Crippen LogP contribution in [0.5, 0.6) is 0 Å².